The van der Waals surface area contributed by atoms with Crippen molar-refractivity contribution in [1.82, 2.24) is 0 Å². The molecule has 0 aliphatic carbocycles. The highest BCUT2D eigenvalue weighted by Gasteiger charge is 2.33. The number of amides is 1. The van der Waals surface area contributed by atoms with Crippen LogP contribution in [0.3, 0.4) is 0 Å². The molecular formula is C19H20ClF3N2O4S. The number of nitrogens with one attached hydrogen (secondary N) is 1. The average molecular weight is 465 g/mol. The van der Waals surface area contributed by atoms with E-state index in [9.17, 15) is 26.4 Å². The maximum absolute atomic E-state index is 12.9. The molecule has 0 aliphatic heterocycles. The topological polar surface area (TPSA) is 75.7 Å². The smallest absolute Gasteiger partial charge is 0.417 e. The van der Waals surface area contributed by atoms with Gasteiger partial charge in [-0.25, -0.2) is 8.42 Å². The highest BCUT2D eigenvalue weighted by atomic mass is 35.5. The minimum atomic E-state index is -4.65. The molecular weight excluding hydrogens is 445 g/mol. The maximum Gasteiger partial charge on any atom is 0.417 e. The van der Waals surface area contributed by atoms with Crippen LogP contribution in [0.25, 0.3) is 0 Å². The summed E-state index contributed by atoms with van der Waals surface area (Å²) in [7, 11) is -2.11. The van der Waals surface area contributed by atoms with Crippen molar-refractivity contribution in [2.75, 3.05) is 29.5 Å². The van der Waals surface area contributed by atoms with E-state index in [-0.39, 0.29) is 25.1 Å². The van der Waals surface area contributed by atoms with Gasteiger partial charge in [-0.3, -0.25) is 9.10 Å². The largest absolute Gasteiger partial charge is 0.497 e. The highest BCUT2D eigenvalue weighted by molar-refractivity contribution is 7.92. The summed E-state index contributed by atoms with van der Waals surface area (Å²) in [6, 6.07) is 9.43. The normalized spacial score (nSPS) is 11.8. The van der Waals surface area contributed by atoms with Crippen LogP contribution in [0.1, 0.15) is 18.4 Å². The van der Waals surface area contributed by atoms with Crippen molar-refractivity contribution in [1.29, 1.82) is 0 Å². The number of anilines is 2. The molecule has 30 heavy (non-hydrogen) atoms. The second-order valence-corrected chi connectivity index (χ2v) is 8.69. The van der Waals surface area contributed by atoms with Gasteiger partial charge in [0.2, 0.25) is 15.9 Å². The van der Waals surface area contributed by atoms with E-state index >= 15 is 0 Å². The zero-order valence-electron chi connectivity index (χ0n) is 16.2. The third kappa shape index (κ3) is 6.53. The summed E-state index contributed by atoms with van der Waals surface area (Å²) in [4.78, 5) is 12.1. The van der Waals surface area contributed by atoms with Crippen LogP contribution in [0.4, 0.5) is 24.5 Å². The van der Waals surface area contributed by atoms with E-state index in [0.29, 0.717) is 11.4 Å². The van der Waals surface area contributed by atoms with Crippen LogP contribution in [0.5, 0.6) is 5.75 Å². The first-order chi connectivity index (χ1) is 13.9. The molecule has 0 saturated heterocycles. The summed E-state index contributed by atoms with van der Waals surface area (Å²) >= 11 is 5.55. The number of rotatable bonds is 8. The number of sulfonamides is 1. The van der Waals surface area contributed by atoms with E-state index in [1.165, 1.54) is 13.2 Å². The molecule has 2 aromatic carbocycles. The molecule has 0 saturated carbocycles. The van der Waals surface area contributed by atoms with Crippen molar-refractivity contribution >= 4 is 38.9 Å². The van der Waals surface area contributed by atoms with Crippen LogP contribution in [0.15, 0.2) is 42.5 Å². The molecule has 0 aliphatic rings. The van der Waals surface area contributed by atoms with Gasteiger partial charge in [-0.05, 0) is 48.9 Å². The SMILES string of the molecule is COc1ccc(N(CCCC(=O)Nc2ccc(Cl)c(C(F)(F)F)c2)S(C)(=O)=O)cc1. The molecule has 1 N–H and O–H groups in total. The number of carbonyl (C=O) groups excluding carboxylic acids is 1. The lowest BCUT2D eigenvalue weighted by atomic mass is 10.2. The number of alkyl halides is 3. The first-order valence-electron chi connectivity index (χ1n) is 8.70. The minimum Gasteiger partial charge on any atom is -0.497 e. The monoisotopic (exact) mass is 464 g/mol. The maximum atomic E-state index is 12.9. The molecule has 0 spiro atoms. The van der Waals surface area contributed by atoms with Crippen LogP contribution in [-0.4, -0.2) is 34.2 Å². The Labute approximate surface area is 177 Å². The van der Waals surface area contributed by atoms with Gasteiger partial charge in [0.1, 0.15) is 5.75 Å². The van der Waals surface area contributed by atoms with Crippen LogP contribution in [0, 0.1) is 0 Å². The number of halogens is 4. The van der Waals surface area contributed by atoms with Crippen molar-refractivity contribution < 1.29 is 31.1 Å². The highest BCUT2D eigenvalue weighted by Crippen LogP contribution is 2.36. The number of methoxy groups -OCH3 is 1. The summed E-state index contributed by atoms with van der Waals surface area (Å²) in [5.41, 5.74) is -0.692. The second kappa shape index (κ2) is 9.57. The van der Waals surface area contributed by atoms with Gasteiger partial charge in [0.15, 0.2) is 0 Å². The van der Waals surface area contributed by atoms with E-state index in [1.54, 1.807) is 24.3 Å². The van der Waals surface area contributed by atoms with Gasteiger partial charge in [-0.15, -0.1) is 0 Å². The van der Waals surface area contributed by atoms with Crippen molar-refractivity contribution in [3.05, 3.63) is 53.1 Å². The quantitative estimate of drug-likeness (QED) is 0.621. The van der Waals surface area contributed by atoms with E-state index in [0.717, 1.165) is 22.7 Å². The Morgan fingerprint density at radius 3 is 2.33 bits per heavy atom. The van der Waals surface area contributed by atoms with Gasteiger partial charge in [0.05, 0.1) is 29.6 Å². The number of benzene rings is 2. The molecule has 6 nitrogen and oxygen atoms in total. The van der Waals surface area contributed by atoms with Gasteiger partial charge in [0, 0.05) is 18.7 Å². The number of hydrogen-bond acceptors (Lipinski definition) is 4. The molecule has 0 aromatic heterocycles. The summed E-state index contributed by atoms with van der Waals surface area (Å²) in [5, 5.41) is 1.90. The Bertz CT molecular complexity index is 996. The number of hydrogen-bond donors (Lipinski definition) is 1. The summed E-state index contributed by atoms with van der Waals surface area (Å²) in [6.07, 6.45) is -3.54. The van der Waals surface area contributed by atoms with E-state index in [4.69, 9.17) is 16.3 Å². The molecule has 11 heteroatoms. The predicted molar refractivity (Wildman–Crippen MR) is 110 cm³/mol. The molecule has 0 atom stereocenters. The van der Waals surface area contributed by atoms with Gasteiger partial charge in [-0.2, -0.15) is 13.2 Å². The Hall–Kier alpha value is -2.46. The van der Waals surface area contributed by atoms with Gasteiger partial charge >= 0.3 is 6.18 Å². The zero-order chi connectivity index (χ0) is 22.5. The molecule has 0 bridgehead atoms. The number of ether oxygens (including phenoxy) is 1. The Morgan fingerprint density at radius 1 is 1.17 bits per heavy atom. The summed E-state index contributed by atoms with van der Waals surface area (Å²) in [6.45, 7) is 0.0208. The summed E-state index contributed by atoms with van der Waals surface area (Å²) < 4.78 is 69.1. The average Bonchev–Trinajstić information content (AvgIpc) is 2.65. The standard InChI is InChI=1S/C19H20ClF3N2O4S/c1-29-15-8-6-14(7-9-15)25(30(2,27)28)11-3-4-18(26)24-13-5-10-17(20)16(12-13)19(21,22)23/h5-10,12H,3-4,11H2,1-2H3,(H,24,26). The lowest BCUT2D eigenvalue weighted by Crippen LogP contribution is -2.31. The number of carbonyl (C=O) groups is 1. The predicted octanol–water partition coefficient (Wildman–Crippen LogP) is 4.55. The van der Waals surface area contributed by atoms with Crippen molar-refractivity contribution in [2.24, 2.45) is 0 Å². The fourth-order valence-corrected chi connectivity index (χ4v) is 3.85. The molecule has 0 radical (unpaired) electrons. The first kappa shape index (κ1) is 23.8. The van der Waals surface area contributed by atoms with E-state index in [1.807, 2.05) is 0 Å². The third-order valence-electron chi connectivity index (χ3n) is 4.08. The van der Waals surface area contributed by atoms with Crippen molar-refractivity contribution in [2.45, 2.75) is 19.0 Å². The van der Waals surface area contributed by atoms with E-state index in [2.05, 4.69) is 5.32 Å². The fraction of sp³-hybridized carbons (Fsp3) is 0.316. The fourth-order valence-electron chi connectivity index (χ4n) is 2.66. The second-order valence-electron chi connectivity index (χ2n) is 6.38. The van der Waals surface area contributed by atoms with Gasteiger partial charge in [0.25, 0.3) is 0 Å². The molecule has 0 fully saturated rings. The van der Waals surface area contributed by atoms with Crippen molar-refractivity contribution in [3.63, 3.8) is 0 Å². The van der Waals surface area contributed by atoms with Gasteiger partial charge < -0.3 is 10.1 Å². The van der Waals surface area contributed by atoms with Crippen LogP contribution in [0.2, 0.25) is 5.02 Å². The molecule has 2 rings (SSSR count). The number of nitrogens with zero attached hydrogens (tertiary/aromatic N) is 1. The van der Waals surface area contributed by atoms with Crippen molar-refractivity contribution in [3.8, 4) is 5.75 Å². The molecule has 0 unspecified atom stereocenters. The van der Waals surface area contributed by atoms with Crippen LogP contribution >= 0.6 is 11.6 Å². The Kier molecular flexibility index (Phi) is 7.59. The first-order valence-corrected chi connectivity index (χ1v) is 10.9. The lowest BCUT2D eigenvalue weighted by molar-refractivity contribution is -0.137. The van der Waals surface area contributed by atoms with Crippen LogP contribution in [-0.2, 0) is 21.0 Å². The van der Waals surface area contributed by atoms with E-state index < -0.39 is 32.7 Å². The molecule has 0 heterocycles. The van der Waals surface area contributed by atoms with Gasteiger partial charge in [-0.1, -0.05) is 11.6 Å². The minimum absolute atomic E-state index is 0.0208. The molecule has 164 valence electrons. The Balaban J connectivity index is 2.01. The zero-order valence-corrected chi connectivity index (χ0v) is 17.7. The molecule has 1 amide bonds. The van der Waals surface area contributed by atoms with Crippen LogP contribution < -0.4 is 14.4 Å². The lowest BCUT2D eigenvalue weighted by Gasteiger charge is -2.22. The summed E-state index contributed by atoms with van der Waals surface area (Å²) in [5.74, 6) is 0.0152. The third-order valence-corrected chi connectivity index (χ3v) is 5.60. The molecule has 2 aromatic rings. The Morgan fingerprint density at radius 2 is 1.80 bits per heavy atom.